The predicted octanol–water partition coefficient (Wildman–Crippen LogP) is 3.00. The molecule has 1 rings (SSSR count). The second-order valence-electron chi connectivity index (χ2n) is 4.52. The van der Waals surface area contributed by atoms with Crippen LogP contribution in [-0.4, -0.2) is 11.7 Å². The molecule has 0 saturated carbocycles. The number of nitrogens with one attached hydrogen (secondary N) is 1. The number of amides is 1. The lowest BCUT2D eigenvalue weighted by molar-refractivity contribution is 0.0523. The second-order valence-corrected chi connectivity index (χ2v) is 5.04. The van der Waals surface area contributed by atoms with Gasteiger partial charge in [0.1, 0.15) is 5.60 Å². The lowest BCUT2D eigenvalue weighted by atomic mass is 10.2. The van der Waals surface area contributed by atoms with Crippen LogP contribution < -0.4 is 5.32 Å². The minimum Gasteiger partial charge on any atom is -0.444 e. The van der Waals surface area contributed by atoms with Gasteiger partial charge in [-0.05, 0) is 38.5 Å². The largest absolute Gasteiger partial charge is 0.444 e. The number of carbonyl (C=O) groups excluding carboxylic acids is 1. The highest BCUT2D eigenvalue weighted by atomic mass is 32.1. The topological polar surface area (TPSA) is 38.3 Å². The van der Waals surface area contributed by atoms with Crippen molar-refractivity contribution < 1.29 is 9.53 Å². The first-order valence-electron chi connectivity index (χ1n) is 5.11. The molecule has 0 aromatic heterocycles. The summed E-state index contributed by atoms with van der Waals surface area (Å²) in [5, 5.41) is 2.69. The van der Waals surface area contributed by atoms with Crippen LogP contribution in [0.3, 0.4) is 0 Å². The van der Waals surface area contributed by atoms with E-state index in [1.807, 2.05) is 45.0 Å². The number of ether oxygens (including phenoxy) is 1. The smallest absolute Gasteiger partial charge is 0.407 e. The summed E-state index contributed by atoms with van der Waals surface area (Å²) < 4.78 is 5.12. The predicted molar refractivity (Wildman–Crippen MR) is 66.8 cm³/mol. The Kier molecular flexibility index (Phi) is 4.24. The maximum absolute atomic E-state index is 11.4. The maximum atomic E-state index is 11.4. The number of carbonyl (C=O) groups is 1. The van der Waals surface area contributed by atoms with E-state index in [0.29, 0.717) is 6.54 Å². The summed E-state index contributed by atoms with van der Waals surface area (Å²) in [4.78, 5) is 12.3. The number of benzene rings is 1. The average Bonchev–Trinajstić information content (AvgIpc) is 2.14. The molecule has 1 N–H and O–H groups in total. The molecule has 0 aliphatic heterocycles. The van der Waals surface area contributed by atoms with Crippen LogP contribution in [0.2, 0.25) is 0 Å². The van der Waals surface area contributed by atoms with Crippen molar-refractivity contribution in [3.05, 3.63) is 29.8 Å². The van der Waals surface area contributed by atoms with Gasteiger partial charge in [-0.25, -0.2) is 4.79 Å². The van der Waals surface area contributed by atoms with Crippen molar-refractivity contribution in [1.29, 1.82) is 0 Å². The van der Waals surface area contributed by atoms with Gasteiger partial charge in [0.25, 0.3) is 0 Å². The molecule has 0 fully saturated rings. The Balaban J connectivity index is 2.40. The van der Waals surface area contributed by atoms with E-state index in [2.05, 4.69) is 17.9 Å². The van der Waals surface area contributed by atoms with E-state index < -0.39 is 11.7 Å². The van der Waals surface area contributed by atoms with Gasteiger partial charge in [0.05, 0.1) is 0 Å². The van der Waals surface area contributed by atoms with Gasteiger partial charge in [-0.2, -0.15) is 0 Å². The molecule has 0 heterocycles. The molecular weight excluding hydrogens is 222 g/mol. The normalized spacial score (nSPS) is 11.0. The van der Waals surface area contributed by atoms with Gasteiger partial charge in [-0.1, -0.05) is 12.1 Å². The molecule has 3 nitrogen and oxygen atoms in total. The SMILES string of the molecule is CC(C)(C)OC(=O)NCc1ccc(S)cc1. The zero-order chi connectivity index (χ0) is 12.2. The van der Waals surface area contributed by atoms with Crippen LogP contribution in [-0.2, 0) is 11.3 Å². The molecule has 0 atom stereocenters. The standard InChI is InChI=1S/C12H17NO2S/c1-12(2,3)15-11(14)13-8-9-4-6-10(16)7-5-9/h4-7,16H,8H2,1-3H3,(H,13,14). The first kappa shape index (κ1) is 12.9. The average molecular weight is 239 g/mol. The summed E-state index contributed by atoms with van der Waals surface area (Å²) in [6.45, 7) is 5.97. The summed E-state index contributed by atoms with van der Waals surface area (Å²) in [5.74, 6) is 0. The quantitative estimate of drug-likeness (QED) is 0.779. The van der Waals surface area contributed by atoms with E-state index in [4.69, 9.17) is 4.74 Å². The molecule has 88 valence electrons. The van der Waals surface area contributed by atoms with E-state index in [9.17, 15) is 4.79 Å². The lowest BCUT2D eigenvalue weighted by Gasteiger charge is -2.19. The van der Waals surface area contributed by atoms with E-state index in [0.717, 1.165) is 10.5 Å². The van der Waals surface area contributed by atoms with Gasteiger partial charge in [-0.3, -0.25) is 0 Å². The summed E-state index contributed by atoms with van der Waals surface area (Å²) in [7, 11) is 0. The summed E-state index contributed by atoms with van der Waals surface area (Å²) in [6, 6.07) is 7.60. The molecule has 0 aliphatic carbocycles. The number of thiol groups is 1. The molecule has 1 aromatic rings. The third-order valence-corrected chi connectivity index (χ3v) is 2.07. The fraction of sp³-hybridized carbons (Fsp3) is 0.417. The molecule has 4 heteroatoms. The van der Waals surface area contributed by atoms with E-state index in [1.54, 1.807) is 0 Å². The molecule has 1 amide bonds. The Morgan fingerprint density at radius 3 is 2.38 bits per heavy atom. The number of hydrogen-bond donors (Lipinski definition) is 2. The van der Waals surface area contributed by atoms with Crippen LogP contribution in [0.25, 0.3) is 0 Å². The van der Waals surface area contributed by atoms with Crippen LogP contribution in [0, 0.1) is 0 Å². The molecule has 0 radical (unpaired) electrons. The van der Waals surface area contributed by atoms with Gasteiger partial charge in [0.2, 0.25) is 0 Å². The Hall–Kier alpha value is -1.16. The van der Waals surface area contributed by atoms with E-state index >= 15 is 0 Å². The number of hydrogen-bond acceptors (Lipinski definition) is 3. The monoisotopic (exact) mass is 239 g/mol. The second kappa shape index (κ2) is 5.25. The van der Waals surface area contributed by atoms with Crippen LogP contribution in [0.4, 0.5) is 4.79 Å². The third kappa shape index (κ3) is 5.07. The molecule has 16 heavy (non-hydrogen) atoms. The summed E-state index contributed by atoms with van der Waals surface area (Å²) in [6.07, 6.45) is -0.401. The van der Waals surface area contributed by atoms with Crippen molar-refractivity contribution in [3.63, 3.8) is 0 Å². The van der Waals surface area contributed by atoms with Crippen molar-refractivity contribution in [3.8, 4) is 0 Å². The van der Waals surface area contributed by atoms with Crippen LogP contribution in [0.1, 0.15) is 26.3 Å². The van der Waals surface area contributed by atoms with Gasteiger partial charge in [0.15, 0.2) is 0 Å². The zero-order valence-electron chi connectivity index (χ0n) is 9.78. The Labute approximate surface area is 102 Å². The fourth-order valence-corrected chi connectivity index (χ4v) is 1.25. The number of rotatable bonds is 2. The van der Waals surface area contributed by atoms with Crippen LogP contribution >= 0.6 is 12.6 Å². The number of alkyl carbamates (subject to hydrolysis) is 1. The van der Waals surface area contributed by atoms with Crippen molar-refractivity contribution in [1.82, 2.24) is 5.32 Å². The van der Waals surface area contributed by atoms with Crippen molar-refractivity contribution >= 4 is 18.7 Å². The zero-order valence-corrected chi connectivity index (χ0v) is 10.7. The molecule has 0 bridgehead atoms. The molecule has 0 aliphatic rings. The Morgan fingerprint density at radius 2 is 1.88 bits per heavy atom. The van der Waals surface area contributed by atoms with Crippen molar-refractivity contribution in [2.24, 2.45) is 0 Å². The molecule has 0 spiro atoms. The Morgan fingerprint density at radius 1 is 1.31 bits per heavy atom. The summed E-state index contributed by atoms with van der Waals surface area (Å²) in [5.41, 5.74) is 0.558. The molecule has 1 aromatic carbocycles. The highest BCUT2D eigenvalue weighted by molar-refractivity contribution is 7.80. The highest BCUT2D eigenvalue weighted by Crippen LogP contribution is 2.09. The van der Waals surface area contributed by atoms with Crippen LogP contribution in [0.5, 0.6) is 0 Å². The van der Waals surface area contributed by atoms with Gasteiger partial charge < -0.3 is 10.1 Å². The molecule has 0 saturated heterocycles. The molecule has 0 unspecified atom stereocenters. The van der Waals surface area contributed by atoms with E-state index in [1.165, 1.54) is 0 Å². The maximum Gasteiger partial charge on any atom is 0.407 e. The van der Waals surface area contributed by atoms with Crippen molar-refractivity contribution in [2.45, 2.75) is 37.8 Å². The first-order chi connectivity index (χ1) is 7.37. The van der Waals surface area contributed by atoms with Gasteiger partial charge in [-0.15, -0.1) is 12.6 Å². The third-order valence-electron chi connectivity index (χ3n) is 1.77. The first-order valence-corrected chi connectivity index (χ1v) is 5.56. The van der Waals surface area contributed by atoms with E-state index in [-0.39, 0.29) is 0 Å². The fourth-order valence-electron chi connectivity index (χ4n) is 1.10. The minimum atomic E-state index is -0.459. The van der Waals surface area contributed by atoms with Gasteiger partial charge in [0, 0.05) is 11.4 Å². The summed E-state index contributed by atoms with van der Waals surface area (Å²) >= 11 is 4.18. The highest BCUT2D eigenvalue weighted by Gasteiger charge is 2.15. The van der Waals surface area contributed by atoms with Gasteiger partial charge >= 0.3 is 6.09 Å². The van der Waals surface area contributed by atoms with Crippen LogP contribution in [0.15, 0.2) is 29.2 Å². The minimum absolute atomic E-state index is 0.401. The van der Waals surface area contributed by atoms with Crippen molar-refractivity contribution in [2.75, 3.05) is 0 Å². The lowest BCUT2D eigenvalue weighted by Crippen LogP contribution is -2.32. The molecular formula is C12H17NO2S. The Bertz CT molecular complexity index is 354.